The number of anilines is 2. The van der Waals surface area contributed by atoms with Crippen LogP contribution >= 0.6 is 46.6 Å². The smallest absolute Gasteiger partial charge is 0.234 e. The predicted octanol–water partition coefficient (Wildman–Crippen LogP) is 5.17. The topological polar surface area (TPSA) is 88.9 Å². The summed E-state index contributed by atoms with van der Waals surface area (Å²) in [5, 5.41) is 15.3. The first kappa shape index (κ1) is 23.4. The maximum atomic E-state index is 12.4. The van der Waals surface area contributed by atoms with E-state index >= 15 is 0 Å². The van der Waals surface area contributed by atoms with Crippen LogP contribution in [0.3, 0.4) is 0 Å². The first-order chi connectivity index (χ1) is 14.9. The summed E-state index contributed by atoms with van der Waals surface area (Å²) in [5.41, 5.74) is 0.969. The normalized spacial score (nSPS) is 10.7. The van der Waals surface area contributed by atoms with E-state index in [-0.39, 0.29) is 29.0 Å². The zero-order valence-corrected chi connectivity index (χ0v) is 19.4. The van der Waals surface area contributed by atoms with Crippen LogP contribution in [0.2, 0.25) is 15.1 Å². The van der Waals surface area contributed by atoms with Crippen LogP contribution < -0.4 is 10.6 Å². The van der Waals surface area contributed by atoms with E-state index in [0.29, 0.717) is 38.9 Å². The number of hydrogen-bond donors (Lipinski definition) is 2. The number of thioether (sulfide) groups is 1. The van der Waals surface area contributed by atoms with Crippen molar-refractivity contribution in [2.75, 3.05) is 16.4 Å². The molecule has 11 heteroatoms. The van der Waals surface area contributed by atoms with Gasteiger partial charge in [-0.25, -0.2) is 0 Å². The maximum absolute atomic E-state index is 12.4. The van der Waals surface area contributed by atoms with Gasteiger partial charge in [0.2, 0.25) is 11.8 Å². The summed E-state index contributed by atoms with van der Waals surface area (Å²) in [6.45, 7) is 2.45. The Labute approximate surface area is 198 Å². The highest BCUT2D eigenvalue weighted by atomic mass is 35.5. The van der Waals surface area contributed by atoms with Crippen molar-refractivity contribution in [1.82, 2.24) is 14.8 Å². The molecule has 1 aromatic heterocycles. The molecular formula is C20H18Cl3N5O2S. The number of aromatic nitrogens is 3. The Morgan fingerprint density at radius 1 is 0.935 bits per heavy atom. The molecule has 0 spiro atoms. The van der Waals surface area contributed by atoms with Crippen LogP contribution in [0.15, 0.2) is 47.6 Å². The fraction of sp³-hybridized carbons (Fsp3) is 0.200. The molecule has 0 aliphatic heterocycles. The van der Waals surface area contributed by atoms with E-state index in [2.05, 4.69) is 20.8 Å². The third-order valence-corrected chi connectivity index (χ3v) is 6.25. The lowest BCUT2D eigenvalue weighted by molar-refractivity contribution is -0.116. The van der Waals surface area contributed by atoms with Gasteiger partial charge in [0.05, 0.1) is 38.6 Å². The number of carbonyl (C=O) groups is 2. The molecule has 0 atom stereocenters. The van der Waals surface area contributed by atoms with Gasteiger partial charge in [0.1, 0.15) is 5.82 Å². The summed E-state index contributed by atoms with van der Waals surface area (Å²) in [5.74, 6) is 0.0679. The molecule has 162 valence electrons. The van der Waals surface area contributed by atoms with Crippen LogP contribution in [0, 0.1) is 0 Å². The van der Waals surface area contributed by atoms with Crippen molar-refractivity contribution in [1.29, 1.82) is 0 Å². The Morgan fingerprint density at radius 3 is 2.35 bits per heavy atom. The Morgan fingerprint density at radius 2 is 1.61 bits per heavy atom. The van der Waals surface area contributed by atoms with Crippen molar-refractivity contribution in [3.63, 3.8) is 0 Å². The van der Waals surface area contributed by atoms with Crippen molar-refractivity contribution in [2.24, 2.45) is 0 Å². The first-order valence-corrected chi connectivity index (χ1v) is 11.3. The molecule has 2 N–H and O–H groups in total. The van der Waals surface area contributed by atoms with Gasteiger partial charge in [-0.3, -0.25) is 9.59 Å². The van der Waals surface area contributed by atoms with E-state index in [1.807, 2.05) is 6.92 Å². The third-order valence-electron chi connectivity index (χ3n) is 4.13. The second-order valence-corrected chi connectivity index (χ2v) is 8.42. The molecule has 3 rings (SSSR count). The van der Waals surface area contributed by atoms with Crippen LogP contribution in [0.1, 0.15) is 12.7 Å². The molecular weight excluding hydrogens is 481 g/mol. The number of amides is 2. The van der Waals surface area contributed by atoms with Crippen molar-refractivity contribution < 1.29 is 9.59 Å². The zero-order valence-electron chi connectivity index (χ0n) is 16.4. The van der Waals surface area contributed by atoms with Crippen LogP contribution in [-0.4, -0.2) is 32.3 Å². The lowest BCUT2D eigenvalue weighted by Gasteiger charge is -2.10. The number of hydrogen-bond acceptors (Lipinski definition) is 5. The first-order valence-electron chi connectivity index (χ1n) is 9.22. The minimum absolute atomic E-state index is 0.00391. The molecule has 0 aliphatic rings. The molecule has 0 saturated heterocycles. The lowest BCUT2D eigenvalue weighted by atomic mass is 10.3. The SMILES string of the molecule is CCn1c(CC(=O)Nc2cccc(Cl)c2Cl)nnc1SCC(=O)Nc1ccccc1Cl. The molecule has 0 fully saturated rings. The van der Waals surface area contributed by atoms with Crippen LogP contribution in [-0.2, 0) is 22.6 Å². The summed E-state index contributed by atoms with van der Waals surface area (Å²) >= 11 is 19.4. The van der Waals surface area contributed by atoms with Crippen molar-refractivity contribution in [2.45, 2.75) is 25.0 Å². The Kier molecular flexibility index (Phi) is 8.20. The summed E-state index contributed by atoms with van der Waals surface area (Å²) in [6, 6.07) is 12.0. The quantitative estimate of drug-likeness (QED) is 0.418. The van der Waals surface area contributed by atoms with Gasteiger partial charge in [-0.1, -0.05) is 64.8 Å². The predicted molar refractivity (Wildman–Crippen MR) is 125 cm³/mol. The van der Waals surface area contributed by atoms with Crippen molar-refractivity contribution in [3.8, 4) is 0 Å². The van der Waals surface area contributed by atoms with Crippen molar-refractivity contribution in [3.05, 3.63) is 63.4 Å². The molecule has 0 bridgehead atoms. The van der Waals surface area contributed by atoms with Crippen LogP contribution in [0.4, 0.5) is 11.4 Å². The Hall–Kier alpha value is -2.26. The number of nitrogens with one attached hydrogen (secondary N) is 2. The Balaban J connectivity index is 1.61. The van der Waals surface area contributed by atoms with E-state index in [4.69, 9.17) is 34.8 Å². The maximum Gasteiger partial charge on any atom is 0.234 e. The molecule has 2 aromatic carbocycles. The average Bonchev–Trinajstić information content (AvgIpc) is 3.13. The number of rotatable bonds is 8. The number of carbonyl (C=O) groups excluding carboxylic acids is 2. The van der Waals surface area contributed by atoms with Gasteiger partial charge in [0.25, 0.3) is 0 Å². The molecule has 0 radical (unpaired) electrons. The second-order valence-electron chi connectivity index (χ2n) is 6.29. The number of nitrogens with zero attached hydrogens (tertiary/aromatic N) is 3. The van der Waals surface area contributed by atoms with Gasteiger partial charge in [0.15, 0.2) is 5.16 Å². The fourth-order valence-electron chi connectivity index (χ4n) is 2.69. The molecule has 0 aliphatic carbocycles. The van der Waals surface area contributed by atoms with Gasteiger partial charge in [-0.2, -0.15) is 0 Å². The van der Waals surface area contributed by atoms with E-state index in [9.17, 15) is 9.59 Å². The van der Waals surface area contributed by atoms with Gasteiger partial charge < -0.3 is 15.2 Å². The van der Waals surface area contributed by atoms with Gasteiger partial charge in [-0.15, -0.1) is 10.2 Å². The number of benzene rings is 2. The van der Waals surface area contributed by atoms with Gasteiger partial charge in [0, 0.05) is 6.54 Å². The van der Waals surface area contributed by atoms with Crippen LogP contribution in [0.25, 0.3) is 0 Å². The lowest BCUT2D eigenvalue weighted by Crippen LogP contribution is -2.18. The average molecular weight is 499 g/mol. The zero-order chi connectivity index (χ0) is 22.4. The fourth-order valence-corrected chi connectivity index (χ4v) is 4.04. The molecule has 31 heavy (non-hydrogen) atoms. The minimum Gasteiger partial charge on any atom is -0.324 e. The van der Waals surface area contributed by atoms with Crippen molar-refractivity contribution >= 4 is 69.8 Å². The van der Waals surface area contributed by atoms with Crippen LogP contribution in [0.5, 0.6) is 0 Å². The highest BCUT2D eigenvalue weighted by Gasteiger charge is 2.17. The monoisotopic (exact) mass is 497 g/mol. The van der Waals surface area contributed by atoms with E-state index < -0.39 is 0 Å². The van der Waals surface area contributed by atoms with E-state index in [1.165, 1.54) is 11.8 Å². The van der Waals surface area contributed by atoms with E-state index in [0.717, 1.165) is 0 Å². The van der Waals surface area contributed by atoms with E-state index in [1.54, 1.807) is 47.0 Å². The van der Waals surface area contributed by atoms with Gasteiger partial charge in [-0.05, 0) is 31.2 Å². The minimum atomic E-state index is -0.306. The molecule has 7 nitrogen and oxygen atoms in total. The molecule has 0 unspecified atom stereocenters. The molecule has 3 aromatic rings. The number of para-hydroxylation sites is 1. The summed E-state index contributed by atoms with van der Waals surface area (Å²) < 4.78 is 1.78. The largest absolute Gasteiger partial charge is 0.324 e. The summed E-state index contributed by atoms with van der Waals surface area (Å²) in [6.07, 6.45) is -0.00391. The Bertz CT molecular complexity index is 1110. The summed E-state index contributed by atoms with van der Waals surface area (Å²) in [7, 11) is 0. The highest BCUT2D eigenvalue weighted by molar-refractivity contribution is 7.99. The number of halogens is 3. The molecule has 0 saturated carbocycles. The standard InChI is InChI=1S/C20H18Cl3N5O2S/c1-2-28-16(10-17(29)25-15-9-5-7-13(22)19(15)23)26-27-20(28)31-11-18(30)24-14-8-4-3-6-12(14)21/h3-9H,2,10-11H2,1H3,(H,24,30)(H,25,29). The highest BCUT2D eigenvalue weighted by Crippen LogP contribution is 2.29. The second kappa shape index (κ2) is 10.9. The molecule has 1 heterocycles. The molecule has 2 amide bonds. The third kappa shape index (κ3) is 6.13. The van der Waals surface area contributed by atoms with Gasteiger partial charge >= 0.3 is 0 Å². The summed E-state index contributed by atoms with van der Waals surface area (Å²) in [4.78, 5) is 24.7.